The molecular weight excluding hydrogens is 364 g/mol. The fraction of sp³-hybridized carbons (Fsp3) is 0.188. The van der Waals surface area contributed by atoms with Crippen LogP contribution in [0.3, 0.4) is 0 Å². The van der Waals surface area contributed by atoms with E-state index in [1.54, 1.807) is 6.07 Å². The molecule has 2 N–H and O–H groups in total. The largest absolute Gasteiger partial charge is 0.456 e. The Morgan fingerprint density at radius 3 is 2.76 bits per heavy atom. The summed E-state index contributed by atoms with van der Waals surface area (Å²) >= 11 is 1.16. The highest BCUT2D eigenvalue weighted by Crippen LogP contribution is 2.34. The minimum Gasteiger partial charge on any atom is -0.456 e. The smallest absolute Gasteiger partial charge is 0.272 e. The highest BCUT2D eigenvalue weighted by Gasteiger charge is 2.40. The van der Waals surface area contributed by atoms with Crippen molar-refractivity contribution in [3.05, 3.63) is 42.5 Å². The third-order valence-corrected chi connectivity index (χ3v) is 7.34. The summed E-state index contributed by atoms with van der Waals surface area (Å²) in [6.07, 6.45) is 0. The van der Waals surface area contributed by atoms with Gasteiger partial charge in [-0.25, -0.2) is 13.9 Å². The number of nitrogens with zero attached hydrogens (tertiary/aromatic N) is 1. The molecule has 0 saturated carbocycles. The zero-order chi connectivity index (χ0) is 17.6. The van der Waals surface area contributed by atoms with Crippen LogP contribution in [-0.2, 0) is 14.8 Å². The summed E-state index contributed by atoms with van der Waals surface area (Å²) < 4.78 is 32.7. The van der Waals surface area contributed by atoms with Crippen LogP contribution < -0.4 is 5.48 Å². The number of para-hydroxylation sites is 1. The van der Waals surface area contributed by atoms with Crippen molar-refractivity contribution >= 4 is 49.6 Å². The molecule has 1 saturated heterocycles. The van der Waals surface area contributed by atoms with Gasteiger partial charge in [0.25, 0.3) is 5.91 Å². The van der Waals surface area contributed by atoms with Crippen molar-refractivity contribution in [2.45, 2.75) is 10.3 Å². The number of fused-ring (bicyclic) bond motifs is 3. The van der Waals surface area contributed by atoms with Crippen LogP contribution in [0.25, 0.3) is 21.9 Å². The third kappa shape index (κ3) is 2.60. The summed E-state index contributed by atoms with van der Waals surface area (Å²) in [6.45, 7) is 0.198. The summed E-state index contributed by atoms with van der Waals surface area (Å²) in [5.41, 5.74) is 2.67. The van der Waals surface area contributed by atoms with E-state index in [1.165, 1.54) is 17.6 Å². The second-order valence-corrected chi connectivity index (χ2v) is 8.65. The Morgan fingerprint density at radius 2 is 1.96 bits per heavy atom. The Bertz CT molecular complexity index is 1080. The quantitative estimate of drug-likeness (QED) is 0.535. The van der Waals surface area contributed by atoms with E-state index >= 15 is 0 Å². The van der Waals surface area contributed by atoms with Gasteiger partial charge < -0.3 is 4.42 Å². The van der Waals surface area contributed by atoms with E-state index in [-0.39, 0.29) is 11.4 Å². The van der Waals surface area contributed by atoms with Crippen molar-refractivity contribution in [3.8, 4) is 0 Å². The number of amides is 1. The van der Waals surface area contributed by atoms with E-state index in [1.807, 2.05) is 24.3 Å². The van der Waals surface area contributed by atoms with Crippen LogP contribution in [0.2, 0.25) is 0 Å². The van der Waals surface area contributed by atoms with E-state index in [4.69, 9.17) is 9.62 Å². The Hall–Kier alpha value is -2.07. The lowest BCUT2D eigenvalue weighted by molar-refractivity contribution is -0.130. The molecule has 130 valence electrons. The van der Waals surface area contributed by atoms with Crippen molar-refractivity contribution in [2.75, 3.05) is 12.3 Å². The third-order valence-electron chi connectivity index (χ3n) is 4.14. The average molecular weight is 378 g/mol. The van der Waals surface area contributed by atoms with Gasteiger partial charge in [-0.15, -0.1) is 11.8 Å². The van der Waals surface area contributed by atoms with Gasteiger partial charge in [-0.1, -0.05) is 18.2 Å². The van der Waals surface area contributed by atoms with Gasteiger partial charge in [0.1, 0.15) is 11.2 Å². The summed E-state index contributed by atoms with van der Waals surface area (Å²) in [7, 11) is -3.89. The summed E-state index contributed by atoms with van der Waals surface area (Å²) in [4.78, 5) is 11.8. The predicted molar refractivity (Wildman–Crippen MR) is 93.8 cm³/mol. The van der Waals surface area contributed by atoms with Crippen LogP contribution >= 0.6 is 11.8 Å². The Balaban J connectivity index is 1.80. The SMILES string of the molecule is O=C(NO)[C@H]1SCCN1S(=O)(=O)c1ccc2c(c1)oc1ccccc12. The van der Waals surface area contributed by atoms with Crippen LogP contribution in [0.1, 0.15) is 0 Å². The first-order valence-corrected chi connectivity index (χ1v) is 10.00. The van der Waals surface area contributed by atoms with Crippen molar-refractivity contribution in [3.63, 3.8) is 0 Å². The van der Waals surface area contributed by atoms with Gasteiger partial charge >= 0.3 is 0 Å². The lowest BCUT2D eigenvalue weighted by atomic mass is 10.2. The minimum absolute atomic E-state index is 0.0531. The predicted octanol–water partition coefficient (Wildman–Crippen LogP) is 2.15. The molecule has 2 heterocycles. The van der Waals surface area contributed by atoms with Crippen LogP contribution in [-0.4, -0.2) is 41.5 Å². The second-order valence-electron chi connectivity index (χ2n) is 5.57. The van der Waals surface area contributed by atoms with Crippen molar-refractivity contribution in [1.82, 2.24) is 9.79 Å². The molecule has 0 radical (unpaired) electrons. The van der Waals surface area contributed by atoms with Crippen molar-refractivity contribution in [2.24, 2.45) is 0 Å². The van der Waals surface area contributed by atoms with Crippen molar-refractivity contribution < 1.29 is 22.8 Å². The number of benzene rings is 2. The van der Waals surface area contributed by atoms with Crippen LogP contribution in [0.5, 0.6) is 0 Å². The van der Waals surface area contributed by atoms with Crippen LogP contribution in [0.15, 0.2) is 51.8 Å². The number of carbonyl (C=O) groups excluding carboxylic acids is 1. The van der Waals surface area contributed by atoms with Crippen LogP contribution in [0, 0.1) is 0 Å². The van der Waals surface area contributed by atoms with Gasteiger partial charge in [-0.2, -0.15) is 4.31 Å². The molecule has 1 aliphatic heterocycles. The van der Waals surface area contributed by atoms with Gasteiger partial charge in [0.2, 0.25) is 10.0 Å². The monoisotopic (exact) mass is 378 g/mol. The summed E-state index contributed by atoms with van der Waals surface area (Å²) in [5.74, 6) is -0.277. The zero-order valence-electron chi connectivity index (χ0n) is 12.9. The lowest BCUT2D eigenvalue weighted by Gasteiger charge is -2.21. The number of hydroxylamine groups is 1. The number of furan rings is 1. The van der Waals surface area contributed by atoms with Gasteiger partial charge in [0, 0.05) is 29.1 Å². The van der Waals surface area contributed by atoms with Gasteiger partial charge in [-0.3, -0.25) is 10.0 Å². The molecule has 4 rings (SSSR count). The highest BCUT2D eigenvalue weighted by atomic mass is 32.2. The lowest BCUT2D eigenvalue weighted by Crippen LogP contribution is -2.43. The zero-order valence-corrected chi connectivity index (χ0v) is 14.5. The normalized spacial score (nSPS) is 18.8. The molecule has 1 atom stereocenters. The molecule has 3 aromatic rings. The fourth-order valence-corrected chi connectivity index (χ4v) is 6.05. The first kappa shape index (κ1) is 16.4. The number of hydrogen-bond donors (Lipinski definition) is 2. The Morgan fingerprint density at radius 1 is 1.20 bits per heavy atom. The second kappa shape index (κ2) is 6.03. The molecule has 7 nitrogen and oxygen atoms in total. The molecule has 0 spiro atoms. The number of rotatable bonds is 3. The van der Waals surface area contributed by atoms with Crippen molar-refractivity contribution in [1.29, 1.82) is 0 Å². The molecule has 1 aromatic heterocycles. The molecule has 1 amide bonds. The van der Waals surface area contributed by atoms with Gasteiger partial charge in [0.15, 0.2) is 5.37 Å². The molecule has 9 heteroatoms. The number of hydrogen-bond acceptors (Lipinski definition) is 6. The van der Waals surface area contributed by atoms with E-state index in [2.05, 4.69) is 0 Å². The number of sulfonamides is 1. The number of thioether (sulfide) groups is 1. The summed E-state index contributed by atoms with van der Waals surface area (Å²) in [5, 5.41) is 9.58. The Kier molecular flexibility index (Phi) is 3.95. The fourth-order valence-electron chi connectivity index (χ4n) is 2.96. The maximum absolute atomic E-state index is 12.9. The van der Waals surface area contributed by atoms with E-state index in [0.717, 1.165) is 26.8 Å². The topological polar surface area (TPSA) is 99.9 Å². The molecule has 0 unspecified atom stereocenters. The first-order chi connectivity index (χ1) is 12.0. The number of carbonyl (C=O) groups is 1. The molecule has 1 aliphatic rings. The summed E-state index contributed by atoms with van der Waals surface area (Å²) in [6, 6.07) is 12.2. The standard InChI is InChI=1S/C16H14N2O5S2/c19-15(17-20)16-18(7-8-24-16)25(21,22)10-5-6-12-11-3-1-2-4-13(11)23-14(12)9-10/h1-6,9,16,20H,7-8H2,(H,17,19)/t16-/m1/s1. The maximum Gasteiger partial charge on any atom is 0.272 e. The molecule has 0 aliphatic carbocycles. The molecule has 25 heavy (non-hydrogen) atoms. The number of nitrogens with one attached hydrogen (secondary N) is 1. The molecular formula is C16H14N2O5S2. The minimum atomic E-state index is -3.89. The van der Waals surface area contributed by atoms with E-state index in [9.17, 15) is 13.2 Å². The van der Waals surface area contributed by atoms with E-state index < -0.39 is 21.3 Å². The van der Waals surface area contributed by atoms with Crippen LogP contribution in [0.4, 0.5) is 0 Å². The molecule has 0 bridgehead atoms. The first-order valence-electron chi connectivity index (χ1n) is 7.51. The average Bonchev–Trinajstić information content (AvgIpc) is 3.25. The van der Waals surface area contributed by atoms with Gasteiger partial charge in [-0.05, 0) is 18.2 Å². The molecule has 2 aromatic carbocycles. The van der Waals surface area contributed by atoms with Gasteiger partial charge in [0.05, 0.1) is 4.90 Å². The Labute approximate surface area is 147 Å². The van der Waals surface area contributed by atoms with E-state index in [0.29, 0.717) is 16.9 Å². The maximum atomic E-state index is 12.9. The highest BCUT2D eigenvalue weighted by molar-refractivity contribution is 8.02. The molecule has 1 fully saturated rings.